The van der Waals surface area contributed by atoms with E-state index >= 15 is 0 Å². The Bertz CT molecular complexity index is 1300. The maximum Gasteiger partial charge on any atom is 0.140 e. The zero-order valence-electron chi connectivity index (χ0n) is 15.3. The van der Waals surface area contributed by atoms with Gasteiger partial charge in [-0.05, 0) is 48.9 Å². The number of benzene rings is 1. The number of halogens is 1. The van der Waals surface area contributed by atoms with E-state index in [1.807, 2.05) is 67.8 Å². The Hall–Kier alpha value is -3.31. The van der Waals surface area contributed by atoms with Crippen molar-refractivity contribution in [3.63, 3.8) is 0 Å². The third kappa shape index (κ3) is 2.80. The zero-order valence-corrected chi connectivity index (χ0v) is 16.1. The van der Waals surface area contributed by atoms with Crippen LogP contribution in [0.25, 0.3) is 22.6 Å². The van der Waals surface area contributed by atoms with E-state index in [0.29, 0.717) is 6.54 Å². The minimum absolute atomic E-state index is 0.640. The van der Waals surface area contributed by atoms with E-state index in [9.17, 15) is 0 Å². The number of imidazole rings is 2. The van der Waals surface area contributed by atoms with E-state index in [2.05, 4.69) is 26.3 Å². The summed E-state index contributed by atoms with van der Waals surface area (Å²) < 4.78 is 4.14. The molecule has 5 aromatic rings. The topological polar surface area (TPSA) is 46.6 Å². The lowest BCUT2D eigenvalue weighted by Gasteiger charge is -2.09. The fourth-order valence-electron chi connectivity index (χ4n) is 3.53. The van der Waals surface area contributed by atoms with Gasteiger partial charge in [-0.15, -0.1) is 0 Å². The first-order valence-corrected chi connectivity index (χ1v) is 9.48. The average molecular weight is 388 g/mol. The first-order chi connectivity index (χ1) is 13.7. The molecule has 4 aromatic heterocycles. The predicted molar refractivity (Wildman–Crippen MR) is 113 cm³/mol. The van der Waals surface area contributed by atoms with Gasteiger partial charge in [0.2, 0.25) is 0 Å². The zero-order chi connectivity index (χ0) is 19.1. The molecule has 0 spiro atoms. The number of pyridine rings is 2. The van der Waals surface area contributed by atoms with Gasteiger partial charge in [0, 0.05) is 24.0 Å². The van der Waals surface area contributed by atoms with Crippen LogP contribution in [0.5, 0.6) is 0 Å². The Balaban J connectivity index is 1.65. The molecule has 0 radical (unpaired) electrons. The smallest absolute Gasteiger partial charge is 0.140 e. The molecule has 0 amide bonds. The van der Waals surface area contributed by atoms with Gasteiger partial charge >= 0.3 is 0 Å². The lowest BCUT2D eigenvalue weighted by atomic mass is 10.2. The summed E-state index contributed by atoms with van der Waals surface area (Å²) in [6, 6.07) is 19.9. The van der Waals surface area contributed by atoms with Gasteiger partial charge in [0.15, 0.2) is 0 Å². The predicted octanol–water partition coefficient (Wildman–Crippen LogP) is 5.22. The van der Waals surface area contributed by atoms with Crippen LogP contribution < -0.4 is 5.32 Å². The number of aromatic nitrogens is 4. The van der Waals surface area contributed by atoms with Crippen LogP contribution in [-0.2, 0) is 6.54 Å². The van der Waals surface area contributed by atoms with E-state index in [1.165, 1.54) is 0 Å². The van der Waals surface area contributed by atoms with Gasteiger partial charge in [-0.3, -0.25) is 4.40 Å². The molecule has 0 saturated heterocycles. The summed E-state index contributed by atoms with van der Waals surface area (Å²) in [6.07, 6.45) is 4.04. The van der Waals surface area contributed by atoms with E-state index < -0.39 is 0 Å². The highest BCUT2D eigenvalue weighted by atomic mass is 35.5. The molecular weight excluding hydrogens is 370 g/mol. The van der Waals surface area contributed by atoms with Crippen molar-refractivity contribution in [3.8, 4) is 11.4 Å². The normalized spacial score (nSPS) is 11.4. The summed E-state index contributed by atoms with van der Waals surface area (Å²) in [4.78, 5) is 9.69. The van der Waals surface area contributed by atoms with E-state index in [1.54, 1.807) is 0 Å². The molecule has 28 heavy (non-hydrogen) atoms. The summed E-state index contributed by atoms with van der Waals surface area (Å²) in [7, 11) is 0. The number of nitrogens with zero attached hydrogens (tertiary/aromatic N) is 4. The SMILES string of the molecule is Cc1nc(-c2nc3ccccn3c2NCc2cccc(Cl)c2)c2ccccn12. The standard InChI is InChI=1S/C22H18ClN5/c1-15-25-20(18-9-2-4-11-27(15)18)21-22(28-12-5-3-10-19(28)26-21)24-14-16-7-6-8-17(23)13-16/h2-13,24H,14H2,1H3. The monoisotopic (exact) mass is 387 g/mol. The van der Waals surface area contributed by atoms with Crippen molar-refractivity contribution in [2.75, 3.05) is 5.32 Å². The summed E-state index contributed by atoms with van der Waals surface area (Å²) in [5, 5.41) is 4.27. The van der Waals surface area contributed by atoms with Crippen LogP contribution in [-0.4, -0.2) is 18.8 Å². The van der Waals surface area contributed by atoms with Crippen LogP contribution in [0.3, 0.4) is 0 Å². The van der Waals surface area contributed by atoms with Gasteiger partial charge in [0.1, 0.15) is 28.7 Å². The number of aryl methyl sites for hydroxylation is 1. The van der Waals surface area contributed by atoms with Crippen LogP contribution in [0.4, 0.5) is 5.82 Å². The maximum absolute atomic E-state index is 6.14. The van der Waals surface area contributed by atoms with Crippen molar-refractivity contribution in [2.45, 2.75) is 13.5 Å². The van der Waals surface area contributed by atoms with Gasteiger partial charge in [-0.1, -0.05) is 35.9 Å². The first-order valence-electron chi connectivity index (χ1n) is 9.10. The lowest BCUT2D eigenvalue weighted by Crippen LogP contribution is -2.03. The number of hydrogen-bond acceptors (Lipinski definition) is 3. The molecule has 0 atom stereocenters. The minimum Gasteiger partial charge on any atom is -0.365 e. The molecule has 0 unspecified atom stereocenters. The van der Waals surface area contributed by atoms with Crippen molar-refractivity contribution in [2.24, 2.45) is 0 Å². The largest absolute Gasteiger partial charge is 0.365 e. The molecule has 138 valence electrons. The van der Waals surface area contributed by atoms with Crippen molar-refractivity contribution in [1.82, 2.24) is 18.8 Å². The summed E-state index contributed by atoms with van der Waals surface area (Å²) in [5.74, 6) is 1.85. The number of nitrogens with one attached hydrogen (secondary N) is 1. The molecule has 0 aliphatic heterocycles. The van der Waals surface area contributed by atoms with Gasteiger partial charge in [-0.25, -0.2) is 9.97 Å². The Morgan fingerprint density at radius 3 is 2.57 bits per heavy atom. The molecular formula is C22H18ClN5. The molecule has 1 aromatic carbocycles. The van der Waals surface area contributed by atoms with Crippen LogP contribution in [0.2, 0.25) is 5.02 Å². The lowest BCUT2D eigenvalue weighted by molar-refractivity contribution is 1.04. The molecule has 0 saturated carbocycles. The quantitative estimate of drug-likeness (QED) is 0.459. The van der Waals surface area contributed by atoms with E-state index in [4.69, 9.17) is 21.6 Å². The van der Waals surface area contributed by atoms with Crippen LogP contribution in [0.15, 0.2) is 73.1 Å². The number of anilines is 1. The second-order valence-electron chi connectivity index (χ2n) is 6.68. The minimum atomic E-state index is 0.640. The number of fused-ring (bicyclic) bond motifs is 2. The highest BCUT2D eigenvalue weighted by Gasteiger charge is 2.19. The molecule has 5 nitrogen and oxygen atoms in total. The molecule has 0 aliphatic carbocycles. The molecule has 0 fully saturated rings. The van der Waals surface area contributed by atoms with Gasteiger partial charge in [0.05, 0.1) is 5.52 Å². The highest BCUT2D eigenvalue weighted by Crippen LogP contribution is 2.32. The first kappa shape index (κ1) is 16.8. The molecule has 6 heteroatoms. The van der Waals surface area contributed by atoms with Gasteiger partial charge < -0.3 is 9.72 Å². The summed E-state index contributed by atoms with van der Waals surface area (Å²) in [6.45, 7) is 2.65. The second-order valence-corrected chi connectivity index (χ2v) is 7.12. The number of hydrogen-bond donors (Lipinski definition) is 1. The Morgan fingerprint density at radius 1 is 0.893 bits per heavy atom. The Morgan fingerprint density at radius 2 is 1.71 bits per heavy atom. The van der Waals surface area contributed by atoms with Crippen molar-refractivity contribution in [3.05, 3.63) is 89.5 Å². The average Bonchev–Trinajstić information content (AvgIpc) is 3.24. The molecule has 0 bridgehead atoms. The van der Waals surface area contributed by atoms with Gasteiger partial charge in [-0.2, -0.15) is 0 Å². The van der Waals surface area contributed by atoms with Crippen molar-refractivity contribution < 1.29 is 0 Å². The molecule has 1 N–H and O–H groups in total. The summed E-state index contributed by atoms with van der Waals surface area (Å²) in [5.41, 5.74) is 4.73. The third-order valence-corrected chi connectivity index (χ3v) is 5.06. The van der Waals surface area contributed by atoms with Gasteiger partial charge in [0.25, 0.3) is 0 Å². The summed E-state index contributed by atoms with van der Waals surface area (Å²) >= 11 is 6.14. The van der Waals surface area contributed by atoms with Crippen LogP contribution in [0.1, 0.15) is 11.4 Å². The van der Waals surface area contributed by atoms with Crippen LogP contribution >= 0.6 is 11.6 Å². The molecule has 5 rings (SSSR count). The third-order valence-electron chi connectivity index (χ3n) is 4.83. The Labute approximate surface area is 167 Å². The molecule has 4 heterocycles. The highest BCUT2D eigenvalue weighted by molar-refractivity contribution is 6.30. The van der Waals surface area contributed by atoms with E-state index in [-0.39, 0.29) is 0 Å². The Kier molecular flexibility index (Phi) is 4.02. The van der Waals surface area contributed by atoms with Crippen molar-refractivity contribution in [1.29, 1.82) is 0 Å². The van der Waals surface area contributed by atoms with Crippen molar-refractivity contribution >= 4 is 28.6 Å². The second kappa shape index (κ2) is 6.69. The fraction of sp³-hybridized carbons (Fsp3) is 0.0909. The molecule has 0 aliphatic rings. The number of rotatable bonds is 4. The maximum atomic E-state index is 6.14. The fourth-order valence-corrected chi connectivity index (χ4v) is 3.74. The van der Waals surface area contributed by atoms with Crippen LogP contribution in [0, 0.1) is 6.92 Å². The van der Waals surface area contributed by atoms with E-state index in [0.717, 1.165) is 44.8 Å².